The number of anilines is 1. The van der Waals surface area contributed by atoms with Crippen LogP contribution in [0.5, 0.6) is 0 Å². The molecular weight excluding hydrogens is 240 g/mol. The van der Waals surface area contributed by atoms with E-state index in [9.17, 15) is 4.79 Å². The second kappa shape index (κ2) is 5.14. The van der Waals surface area contributed by atoms with Crippen molar-refractivity contribution in [3.63, 3.8) is 0 Å². The zero-order chi connectivity index (χ0) is 14.0. The van der Waals surface area contributed by atoms with E-state index in [4.69, 9.17) is 5.73 Å². The summed E-state index contributed by atoms with van der Waals surface area (Å²) < 4.78 is 1.74. The van der Waals surface area contributed by atoms with Gasteiger partial charge in [0, 0.05) is 31.0 Å². The fourth-order valence-electron chi connectivity index (χ4n) is 2.09. The number of nitrogens with one attached hydrogen (secondary N) is 1. The number of carbonyl (C=O) groups is 1. The lowest BCUT2D eigenvalue weighted by Crippen LogP contribution is -2.24. The molecule has 0 aliphatic carbocycles. The van der Waals surface area contributed by atoms with Crippen molar-refractivity contribution in [2.24, 2.45) is 7.05 Å². The molecule has 5 heteroatoms. The van der Waals surface area contributed by atoms with E-state index in [1.165, 1.54) is 0 Å². The van der Waals surface area contributed by atoms with Gasteiger partial charge in [-0.2, -0.15) is 5.10 Å². The standard InChI is InChI=1S/C14H18N4O/c1-9-5-4-6-12(15)13(9)14(19)16-7-11-8-18(3)17-10(11)2/h4-6,8H,7,15H2,1-3H3,(H,16,19). The van der Waals surface area contributed by atoms with E-state index in [0.717, 1.165) is 16.8 Å². The molecule has 100 valence electrons. The van der Waals surface area contributed by atoms with Gasteiger partial charge in [-0.25, -0.2) is 0 Å². The number of rotatable bonds is 3. The van der Waals surface area contributed by atoms with Gasteiger partial charge in [-0.3, -0.25) is 9.48 Å². The van der Waals surface area contributed by atoms with Crippen molar-refractivity contribution in [1.82, 2.24) is 15.1 Å². The molecule has 0 saturated heterocycles. The van der Waals surface area contributed by atoms with E-state index >= 15 is 0 Å². The van der Waals surface area contributed by atoms with E-state index in [0.29, 0.717) is 17.8 Å². The first-order valence-corrected chi connectivity index (χ1v) is 6.11. The van der Waals surface area contributed by atoms with Gasteiger partial charge in [-0.15, -0.1) is 0 Å². The Kier molecular flexibility index (Phi) is 3.55. The smallest absolute Gasteiger partial charge is 0.253 e. The molecule has 0 spiro atoms. The topological polar surface area (TPSA) is 72.9 Å². The van der Waals surface area contributed by atoms with Crippen LogP contribution in [0.25, 0.3) is 0 Å². The lowest BCUT2D eigenvalue weighted by molar-refractivity contribution is 0.0951. The minimum absolute atomic E-state index is 0.154. The average Bonchev–Trinajstić information content (AvgIpc) is 2.65. The third-order valence-corrected chi connectivity index (χ3v) is 3.09. The van der Waals surface area contributed by atoms with Crippen LogP contribution in [0, 0.1) is 13.8 Å². The predicted molar refractivity (Wildman–Crippen MR) is 74.7 cm³/mol. The molecule has 0 aliphatic heterocycles. The number of aryl methyl sites for hydroxylation is 3. The fraction of sp³-hybridized carbons (Fsp3) is 0.286. The largest absolute Gasteiger partial charge is 0.398 e. The van der Waals surface area contributed by atoms with Crippen LogP contribution in [0.2, 0.25) is 0 Å². The molecule has 0 aliphatic rings. The predicted octanol–water partition coefficient (Wildman–Crippen LogP) is 1.55. The molecule has 1 aromatic heterocycles. The molecular formula is C14H18N4O. The van der Waals surface area contributed by atoms with Gasteiger partial charge in [-0.05, 0) is 25.5 Å². The van der Waals surface area contributed by atoms with Crippen LogP contribution in [0.1, 0.15) is 27.2 Å². The number of hydrogen-bond donors (Lipinski definition) is 2. The normalized spacial score (nSPS) is 10.5. The highest BCUT2D eigenvalue weighted by atomic mass is 16.1. The van der Waals surface area contributed by atoms with Gasteiger partial charge in [0.15, 0.2) is 0 Å². The fourth-order valence-corrected chi connectivity index (χ4v) is 2.09. The summed E-state index contributed by atoms with van der Waals surface area (Å²) in [6.07, 6.45) is 1.90. The third kappa shape index (κ3) is 2.76. The van der Waals surface area contributed by atoms with Gasteiger partial charge in [0.05, 0.1) is 11.3 Å². The highest BCUT2D eigenvalue weighted by molar-refractivity contribution is 6.00. The quantitative estimate of drug-likeness (QED) is 0.820. The Morgan fingerprint density at radius 3 is 2.74 bits per heavy atom. The molecule has 1 heterocycles. The van der Waals surface area contributed by atoms with E-state index in [2.05, 4.69) is 10.4 Å². The Morgan fingerprint density at radius 1 is 1.42 bits per heavy atom. The van der Waals surface area contributed by atoms with E-state index in [1.54, 1.807) is 10.7 Å². The minimum Gasteiger partial charge on any atom is -0.398 e. The molecule has 0 atom stereocenters. The van der Waals surface area contributed by atoms with E-state index < -0.39 is 0 Å². The molecule has 2 aromatic rings. The number of hydrogen-bond acceptors (Lipinski definition) is 3. The number of carbonyl (C=O) groups excluding carboxylic acids is 1. The first-order chi connectivity index (χ1) is 8.99. The number of nitrogen functional groups attached to an aromatic ring is 1. The Bertz CT molecular complexity index is 596. The highest BCUT2D eigenvalue weighted by Gasteiger charge is 2.13. The SMILES string of the molecule is Cc1cccc(N)c1C(=O)NCc1cn(C)nc1C. The molecule has 1 amide bonds. The molecule has 5 nitrogen and oxygen atoms in total. The Labute approximate surface area is 112 Å². The second-order valence-corrected chi connectivity index (χ2v) is 4.64. The molecule has 0 unspecified atom stereocenters. The average molecular weight is 258 g/mol. The van der Waals surface area contributed by atoms with Gasteiger partial charge >= 0.3 is 0 Å². The Balaban J connectivity index is 2.12. The molecule has 0 fully saturated rings. The molecule has 0 radical (unpaired) electrons. The summed E-state index contributed by atoms with van der Waals surface area (Å²) >= 11 is 0. The summed E-state index contributed by atoms with van der Waals surface area (Å²) in [5.41, 5.74) is 9.69. The van der Waals surface area contributed by atoms with Crippen molar-refractivity contribution < 1.29 is 4.79 Å². The zero-order valence-corrected chi connectivity index (χ0v) is 11.4. The van der Waals surface area contributed by atoms with E-state index in [1.807, 2.05) is 39.2 Å². The number of aromatic nitrogens is 2. The van der Waals surface area contributed by atoms with Crippen molar-refractivity contribution in [3.05, 3.63) is 46.8 Å². The summed E-state index contributed by atoms with van der Waals surface area (Å²) in [5.74, 6) is -0.154. The summed E-state index contributed by atoms with van der Waals surface area (Å²) in [7, 11) is 1.86. The van der Waals surface area contributed by atoms with Crippen molar-refractivity contribution in [3.8, 4) is 0 Å². The van der Waals surface area contributed by atoms with Crippen LogP contribution in [0.15, 0.2) is 24.4 Å². The van der Waals surface area contributed by atoms with Gasteiger partial charge in [-0.1, -0.05) is 12.1 Å². The molecule has 19 heavy (non-hydrogen) atoms. The number of benzene rings is 1. The summed E-state index contributed by atoms with van der Waals surface area (Å²) in [4.78, 5) is 12.2. The van der Waals surface area contributed by atoms with Gasteiger partial charge in [0.2, 0.25) is 0 Å². The van der Waals surface area contributed by atoms with Crippen molar-refractivity contribution >= 4 is 11.6 Å². The van der Waals surface area contributed by atoms with Gasteiger partial charge in [0.1, 0.15) is 0 Å². The van der Waals surface area contributed by atoms with Crippen LogP contribution in [0.3, 0.4) is 0 Å². The summed E-state index contributed by atoms with van der Waals surface area (Å²) in [5, 5.41) is 7.12. The monoisotopic (exact) mass is 258 g/mol. The highest BCUT2D eigenvalue weighted by Crippen LogP contribution is 2.16. The third-order valence-electron chi connectivity index (χ3n) is 3.09. The zero-order valence-electron chi connectivity index (χ0n) is 11.4. The van der Waals surface area contributed by atoms with Crippen LogP contribution in [0.4, 0.5) is 5.69 Å². The molecule has 0 bridgehead atoms. The van der Waals surface area contributed by atoms with Gasteiger partial charge in [0.25, 0.3) is 5.91 Å². The Hall–Kier alpha value is -2.30. The van der Waals surface area contributed by atoms with Crippen LogP contribution in [-0.4, -0.2) is 15.7 Å². The molecule has 0 saturated carbocycles. The van der Waals surface area contributed by atoms with Crippen LogP contribution < -0.4 is 11.1 Å². The van der Waals surface area contributed by atoms with E-state index in [-0.39, 0.29) is 5.91 Å². The maximum atomic E-state index is 12.2. The van der Waals surface area contributed by atoms with Gasteiger partial charge < -0.3 is 11.1 Å². The minimum atomic E-state index is -0.154. The van der Waals surface area contributed by atoms with Crippen molar-refractivity contribution in [1.29, 1.82) is 0 Å². The maximum absolute atomic E-state index is 12.2. The second-order valence-electron chi connectivity index (χ2n) is 4.64. The number of nitrogens with two attached hydrogens (primary N) is 1. The number of amides is 1. The van der Waals surface area contributed by atoms with Crippen molar-refractivity contribution in [2.75, 3.05) is 5.73 Å². The van der Waals surface area contributed by atoms with Crippen molar-refractivity contribution in [2.45, 2.75) is 20.4 Å². The lowest BCUT2D eigenvalue weighted by atomic mass is 10.1. The van der Waals surface area contributed by atoms with Crippen LogP contribution >= 0.6 is 0 Å². The molecule has 2 rings (SSSR count). The summed E-state index contributed by atoms with van der Waals surface area (Å²) in [6.45, 7) is 4.25. The lowest BCUT2D eigenvalue weighted by Gasteiger charge is -2.09. The molecule has 1 aromatic carbocycles. The maximum Gasteiger partial charge on any atom is 0.253 e. The molecule has 3 N–H and O–H groups in total. The first kappa shape index (κ1) is 13.1. The number of nitrogens with zero attached hydrogens (tertiary/aromatic N) is 2. The van der Waals surface area contributed by atoms with Crippen LogP contribution in [-0.2, 0) is 13.6 Å². The first-order valence-electron chi connectivity index (χ1n) is 6.11. The summed E-state index contributed by atoms with van der Waals surface area (Å²) in [6, 6.07) is 5.45. The Morgan fingerprint density at radius 2 is 2.16 bits per heavy atom.